The normalized spacial score (nSPS) is 32.9. The van der Waals surface area contributed by atoms with Crippen LogP contribution in [0.25, 0.3) is 0 Å². The van der Waals surface area contributed by atoms with Gasteiger partial charge < -0.3 is 14.7 Å². The Morgan fingerprint density at radius 2 is 1.89 bits per heavy atom. The maximum Gasteiger partial charge on any atom is 0.323 e. The number of rotatable bonds is 2. The maximum atomic E-state index is 12.8. The second-order valence-corrected chi connectivity index (χ2v) is 12.5. The summed E-state index contributed by atoms with van der Waals surface area (Å²) < 4.78 is 4.47. The fourth-order valence-electron chi connectivity index (χ4n) is 8.37. The number of fused-ring (bicyclic) bond motifs is 2. The van der Waals surface area contributed by atoms with Gasteiger partial charge in [0.15, 0.2) is 0 Å². The van der Waals surface area contributed by atoms with E-state index in [9.17, 15) is 4.79 Å². The lowest BCUT2D eigenvalue weighted by molar-refractivity contribution is 0.107. The van der Waals surface area contributed by atoms with Crippen LogP contribution >= 0.6 is 11.5 Å². The second kappa shape index (κ2) is 7.65. The van der Waals surface area contributed by atoms with Crippen molar-refractivity contribution in [3.8, 4) is 0 Å². The minimum atomic E-state index is 0.0932. The molecule has 186 valence electrons. The zero-order valence-corrected chi connectivity index (χ0v) is 21.9. The number of piperidine rings is 2. The number of anilines is 2. The molecule has 4 atom stereocenters. The molecule has 1 aromatic carbocycles. The molecule has 8 heteroatoms. The number of hydrogen-bond donors (Lipinski definition) is 0. The maximum absolute atomic E-state index is 12.8. The van der Waals surface area contributed by atoms with Crippen LogP contribution in [0.4, 0.5) is 15.6 Å². The van der Waals surface area contributed by atoms with Gasteiger partial charge in [-0.3, -0.25) is 4.90 Å². The van der Waals surface area contributed by atoms with Gasteiger partial charge in [-0.25, -0.2) is 9.78 Å². The number of carbonyl (C=O) groups is 1. The molecule has 7 rings (SSSR count). The smallest absolute Gasteiger partial charge is 0.323 e. The number of likely N-dealkylation sites (tertiary alicyclic amines) is 1. The Kier molecular flexibility index (Phi) is 4.82. The number of nitrogens with zero attached hydrogens (tertiary/aromatic N) is 6. The van der Waals surface area contributed by atoms with Gasteiger partial charge in [-0.15, -0.1) is 0 Å². The van der Waals surface area contributed by atoms with Gasteiger partial charge in [0.1, 0.15) is 5.82 Å². The van der Waals surface area contributed by atoms with Gasteiger partial charge in [0.2, 0.25) is 5.13 Å². The highest BCUT2D eigenvalue weighted by atomic mass is 32.1. The van der Waals surface area contributed by atoms with E-state index >= 15 is 0 Å². The van der Waals surface area contributed by atoms with Crippen LogP contribution in [0.3, 0.4) is 0 Å². The lowest BCUT2D eigenvalue weighted by Crippen LogP contribution is -2.52. The van der Waals surface area contributed by atoms with E-state index in [1.54, 1.807) is 16.4 Å². The zero-order valence-electron chi connectivity index (χ0n) is 21.1. The summed E-state index contributed by atoms with van der Waals surface area (Å²) in [5, 5.41) is 1.16. The van der Waals surface area contributed by atoms with Crippen molar-refractivity contribution in [2.45, 2.75) is 74.9 Å². The molecule has 1 aromatic heterocycles. The highest BCUT2D eigenvalue weighted by Gasteiger charge is 2.74. The molecule has 5 aliphatic rings. The summed E-state index contributed by atoms with van der Waals surface area (Å²) in [7, 11) is 3.70. The van der Waals surface area contributed by atoms with Crippen molar-refractivity contribution in [2.24, 2.45) is 5.92 Å². The molecule has 2 saturated heterocycles. The van der Waals surface area contributed by atoms with Crippen LogP contribution in [-0.2, 0) is 5.41 Å². The highest BCUT2D eigenvalue weighted by Crippen LogP contribution is 2.66. The average molecular weight is 493 g/mol. The molecule has 3 aliphatic heterocycles. The van der Waals surface area contributed by atoms with Crippen LogP contribution in [0.5, 0.6) is 0 Å². The van der Waals surface area contributed by atoms with E-state index in [0.717, 1.165) is 35.5 Å². The molecule has 4 heterocycles. The highest BCUT2D eigenvalue weighted by molar-refractivity contribution is 7.09. The van der Waals surface area contributed by atoms with E-state index in [1.807, 2.05) is 25.9 Å². The quantitative estimate of drug-likeness (QED) is 0.586. The standard InChI is InChI=1S/C27H36N6OS/c1-18-28-24(35-29-18)33-23-9-8-19-16-20(17-27(19,23)33)31-13-10-26(11-14-31)12-15-32(25(34)30(2)3)22-7-5-4-6-21(22)26/h4-7,19-20,23H,8-17H2,1-3H3. The van der Waals surface area contributed by atoms with E-state index < -0.39 is 0 Å². The minimum Gasteiger partial charge on any atom is -0.333 e. The van der Waals surface area contributed by atoms with Crippen LogP contribution in [-0.4, -0.2) is 76.5 Å². The zero-order chi connectivity index (χ0) is 23.9. The van der Waals surface area contributed by atoms with Gasteiger partial charge in [0.05, 0.1) is 11.6 Å². The monoisotopic (exact) mass is 492 g/mol. The number of carbonyl (C=O) groups excluding carboxylic acids is 1. The van der Waals surface area contributed by atoms with Crippen molar-refractivity contribution < 1.29 is 4.79 Å². The molecule has 2 spiro atoms. The van der Waals surface area contributed by atoms with E-state index in [4.69, 9.17) is 4.98 Å². The lowest BCUT2D eigenvalue weighted by Gasteiger charge is -2.49. The molecule has 2 saturated carbocycles. The number of para-hydroxylation sites is 1. The largest absolute Gasteiger partial charge is 0.333 e. The third-order valence-corrected chi connectivity index (χ3v) is 10.9. The van der Waals surface area contributed by atoms with Crippen molar-refractivity contribution in [1.82, 2.24) is 19.2 Å². The minimum absolute atomic E-state index is 0.0932. The Morgan fingerprint density at radius 1 is 1.11 bits per heavy atom. The summed E-state index contributed by atoms with van der Waals surface area (Å²) in [5.41, 5.74) is 3.10. The molecule has 0 radical (unpaired) electrons. The summed E-state index contributed by atoms with van der Waals surface area (Å²) >= 11 is 1.59. The number of benzene rings is 1. The predicted molar refractivity (Wildman–Crippen MR) is 139 cm³/mol. The van der Waals surface area contributed by atoms with Crippen LogP contribution < -0.4 is 9.80 Å². The first-order valence-corrected chi connectivity index (χ1v) is 14.1. The fraction of sp³-hybridized carbons (Fsp3) is 0.667. The molecular formula is C27H36N6OS. The van der Waals surface area contributed by atoms with Gasteiger partial charge in [-0.2, -0.15) is 4.37 Å². The number of aryl methyl sites for hydroxylation is 1. The molecule has 0 bridgehead atoms. The Bertz CT molecular complexity index is 1160. The van der Waals surface area contributed by atoms with Crippen LogP contribution in [0.15, 0.2) is 24.3 Å². The van der Waals surface area contributed by atoms with Gasteiger partial charge in [-0.1, -0.05) is 18.2 Å². The number of aromatic nitrogens is 2. The van der Waals surface area contributed by atoms with E-state index in [1.165, 1.54) is 57.2 Å². The van der Waals surface area contributed by atoms with Crippen molar-refractivity contribution in [2.75, 3.05) is 43.5 Å². The third-order valence-electron chi connectivity index (χ3n) is 10.1. The fourth-order valence-corrected chi connectivity index (χ4v) is 9.18. The summed E-state index contributed by atoms with van der Waals surface area (Å²) in [4.78, 5) is 26.7. The lowest BCUT2D eigenvalue weighted by atomic mass is 9.67. The molecule has 2 aromatic rings. The van der Waals surface area contributed by atoms with Crippen molar-refractivity contribution in [3.05, 3.63) is 35.7 Å². The summed E-state index contributed by atoms with van der Waals surface area (Å²) in [6.45, 7) is 5.17. The van der Waals surface area contributed by atoms with Gasteiger partial charge in [-0.05, 0) is 82.5 Å². The first-order valence-electron chi connectivity index (χ1n) is 13.3. The topological polar surface area (TPSA) is 55.6 Å². The Balaban J connectivity index is 1.07. The molecular weight excluding hydrogens is 456 g/mol. The van der Waals surface area contributed by atoms with Gasteiger partial charge in [0, 0.05) is 49.3 Å². The molecule has 35 heavy (non-hydrogen) atoms. The molecule has 0 N–H and O–H groups in total. The molecule has 4 unspecified atom stereocenters. The average Bonchev–Trinajstić information content (AvgIpc) is 3.21. The number of urea groups is 1. The second-order valence-electron chi connectivity index (χ2n) is 11.8. The first kappa shape index (κ1) is 22.0. The van der Waals surface area contributed by atoms with Crippen molar-refractivity contribution >= 4 is 28.4 Å². The third kappa shape index (κ3) is 3.08. The molecule has 4 fully saturated rings. The van der Waals surface area contributed by atoms with Crippen LogP contribution in [0.1, 0.15) is 56.3 Å². The Morgan fingerprint density at radius 3 is 2.63 bits per heavy atom. The van der Waals surface area contributed by atoms with E-state index in [2.05, 4.69) is 38.4 Å². The van der Waals surface area contributed by atoms with Crippen molar-refractivity contribution in [1.29, 1.82) is 0 Å². The predicted octanol–water partition coefficient (Wildman–Crippen LogP) is 4.27. The summed E-state index contributed by atoms with van der Waals surface area (Å²) in [6.07, 6.45) is 8.83. The Labute approximate surface area is 212 Å². The SMILES string of the molecule is Cc1nsc(N2C3CCC4CC(N5CCC6(CCN(C(=O)N(C)C)c7ccccc76)CC5)CC432)n1. The van der Waals surface area contributed by atoms with Gasteiger partial charge in [0.25, 0.3) is 0 Å². The molecule has 7 nitrogen and oxygen atoms in total. The van der Waals surface area contributed by atoms with Crippen LogP contribution in [0, 0.1) is 12.8 Å². The van der Waals surface area contributed by atoms with Gasteiger partial charge >= 0.3 is 6.03 Å². The van der Waals surface area contributed by atoms with Crippen molar-refractivity contribution in [3.63, 3.8) is 0 Å². The van der Waals surface area contributed by atoms with Crippen LogP contribution in [0.2, 0.25) is 0 Å². The van der Waals surface area contributed by atoms with E-state index in [0.29, 0.717) is 17.6 Å². The molecule has 2 aliphatic carbocycles. The molecule has 2 amide bonds. The number of hydrogen-bond acceptors (Lipinski definition) is 6. The number of amides is 2. The van der Waals surface area contributed by atoms with E-state index in [-0.39, 0.29) is 11.4 Å². The summed E-state index contributed by atoms with van der Waals surface area (Å²) in [6, 6.07) is 10.2. The Hall–Kier alpha value is -2.19. The summed E-state index contributed by atoms with van der Waals surface area (Å²) in [5.74, 6) is 1.73. The first-order chi connectivity index (χ1) is 16.9.